The van der Waals surface area contributed by atoms with Crippen LogP contribution in [0, 0.1) is 0 Å². The fourth-order valence-corrected chi connectivity index (χ4v) is 3.34. The van der Waals surface area contributed by atoms with Crippen molar-refractivity contribution in [1.29, 1.82) is 0 Å². The molecule has 2 aromatic rings. The van der Waals surface area contributed by atoms with Crippen LogP contribution in [-0.4, -0.2) is 39.3 Å². The quantitative estimate of drug-likeness (QED) is 0.686. The molecule has 0 saturated carbocycles. The summed E-state index contributed by atoms with van der Waals surface area (Å²) >= 11 is 11.7. The Hall–Kier alpha value is -2.32. The van der Waals surface area contributed by atoms with Gasteiger partial charge in [0.15, 0.2) is 0 Å². The van der Waals surface area contributed by atoms with Gasteiger partial charge in [-0.05, 0) is 31.0 Å². The van der Waals surface area contributed by atoms with Crippen molar-refractivity contribution in [3.63, 3.8) is 0 Å². The summed E-state index contributed by atoms with van der Waals surface area (Å²) in [6, 6.07) is 4.59. The average Bonchev–Trinajstić information content (AvgIpc) is 2.84. The summed E-state index contributed by atoms with van der Waals surface area (Å²) in [6.07, 6.45) is 3.78. The summed E-state index contributed by atoms with van der Waals surface area (Å²) in [5.41, 5.74) is 0.131. The van der Waals surface area contributed by atoms with Crippen molar-refractivity contribution in [3.8, 4) is 0 Å². The highest BCUT2D eigenvalue weighted by Gasteiger charge is 2.17. The van der Waals surface area contributed by atoms with Crippen LogP contribution >= 0.6 is 23.2 Å². The van der Waals surface area contributed by atoms with Crippen molar-refractivity contribution >= 4 is 35.0 Å². The zero-order chi connectivity index (χ0) is 20.1. The molecule has 0 saturated heterocycles. The molecule has 0 atom stereocenters. The van der Waals surface area contributed by atoms with E-state index in [1.807, 2.05) is 0 Å². The first kappa shape index (κ1) is 20.4. The Balaban J connectivity index is 1.45. The first-order valence-electron chi connectivity index (χ1n) is 9.12. The fourth-order valence-electron chi connectivity index (χ4n) is 3.04. The average molecular weight is 426 g/mol. The second kappa shape index (κ2) is 9.25. The highest BCUT2D eigenvalue weighted by molar-refractivity contribution is 6.42. The number of aromatic nitrogens is 3. The lowest BCUT2D eigenvalue weighted by Crippen LogP contribution is -2.38. The topological polar surface area (TPSA) is 98.0 Å². The molecule has 0 spiro atoms. The van der Waals surface area contributed by atoms with Gasteiger partial charge in [-0.2, -0.15) is 5.10 Å². The zero-order valence-corrected chi connectivity index (χ0v) is 16.7. The maximum atomic E-state index is 12.3. The molecular formula is C18H21Cl2N5O3. The van der Waals surface area contributed by atoms with Crippen LogP contribution in [0.25, 0.3) is 0 Å². The van der Waals surface area contributed by atoms with E-state index >= 15 is 0 Å². The molecule has 1 aromatic carbocycles. The molecule has 0 bridgehead atoms. The Morgan fingerprint density at radius 2 is 1.86 bits per heavy atom. The number of aryl methyl sites for hydroxylation is 1. The third-order valence-electron chi connectivity index (χ3n) is 4.49. The van der Waals surface area contributed by atoms with Gasteiger partial charge in [-0.1, -0.05) is 29.6 Å². The minimum atomic E-state index is -0.334. The smallest absolute Gasteiger partial charge is 0.346 e. The molecule has 10 heteroatoms. The number of benzene rings is 1. The molecular weight excluding hydrogens is 405 g/mol. The van der Waals surface area contributed by atoms with Crippen LogP contribution in [0.15, 0.2) is 23.0 Å². The fraction of sp³-hybridized carbons (Fsp3) is 0.444. The number of halogens is 2. The van der Waals surface area contributed by atoms with Crippen LogP contribution in [0.1, 0.15) is 35.4 Å². The van der Waals surface area contributed by atoms with Crippen molar-refractivity contribution in [1.82, 2.24) is 25.0 Å². The predicted octanol–water partition coefficient (Wildman–Crippen LogP) is 1.62. The number of hydrogen-bond donors (Lipinski definition) is 2. The summed E-state index contributed by atoms with van der Waals surface area (Å²) < 4.78 is 2.85. The zero-order valence-electron chi connectivity index (χ0n) is 15.2. The number of hydrogen-bond acceptors (Lipinski definition) is 4. The summed E-state index contributed by atoms with van der Waals surface area (Å²) in [7, 11) is 0. The molecule has 28 heavy (non-hydrogen) atoms. The maximum absolute atomic E-state index is 12.3. The summed E-state index contributed by atoms with van der Waals surface area (Å²) in [4.78, 5) is 36.5. The van der Waals surface area contributed by atoms with Gasteiger partial charge in [0.25, 0.3) is 5.91 Å². The SMILES string of the molecule is O=C(Cn1nc2n(c1=O)CCCCC2)NCCNC(=O)c1ccc(Cl)c(Cl)c1. The van der Waals surface area contributed by atoms with E-state index in [9.17, 15) is 14.4 Å². The molecule has 2 heterocycles. The van der Waals surface area contributed by atoms with E-state index < -0.39 is 0 Å². The summed E-state index contributed by atoms with van der Waals surface area (Å²) in [5.74, 6) is 0.0882. The predicted molar refractivity (Wildman–Crippen MR) is 106 cm³/mol. The van der Waals surface area contributed by atoms with Gasteiger partial charge in [0.05, 0.1) is 10.0 Å². The number of fused-ring (bicyclic) bond motifs is 1. The Kier molecular flexibility index (Phi) is 6.74. The number of rotatable bonds is 6. The molecule has 3 rings (SSSR count). The maximum Gasteiger partial charge on any atom is 0.346 e. The molecule has 1 aromatic heterocycles. The number of nitrogens with one attached hydrogen (secondary N) is 2. The van der Waals surface area contributed by atoms with E-state index in [-0.39, 0.29) is 37.1 Å². The lowest BCUT2D eigenvalue weighted by Gasteiger charge is -2.08. The van der Waals surface area contributed by atoms with Crippen LogP contribution in [0.3, 0.4) is 0 Å². The monoisotopic (exact) mass is 425 g/mol. The Labute approximate surface area is 171 Å². The molecule has 1 aliphatic rings. The Bertz CT molecular complexity index is 938. The van der Waals surface area contributed by atoms with Crippen molar-refractivity contribution in [3.05, 3.63) is 50.1 Å². The van der Waals surface area contributed by atoms with Gasteiger partial charge in [0.2, 0.25) is 5.91 Å². The van der Waals surface area contributed by atoms with Crippen LogP contribution in [0.2, 0.25) is 10.0 Å². The van der Waals surface area contributed by atoms with E-state index in [2.05, 4.69) is 15.7 Å². The molecule has 0 aliphatic carbocycles. The van der Waals surface area contributed by atoms with Crippen LogP contribution in [0.5, 0.6) is 0 Å². The molecule has 2 amide bonds. The first-order valence-corrected chi connectivity index (χ1v) is 9.88. The molecule has 0 radical (unpaired) electrons. The van der Waals surface area contributed by atoms with E-state index in [1.54, 1.807) is 16.7 Å². The van der Waals surface area contributed by atoms with E-state index in [0.717, 1.165) is 31.5 Å². The normalized spacial score (nSPS) is 13.5. The van der Waals surface area contributed by atoms with Gasteiger partial charge in [-0.15, -0.1) is 0 Å². The molecule has 150 valence electrons. The molecule has 0 fully saturated rings. The minimum Gasteiger partial charge on any atom is -0.353 e. The van der Waals surface area contributed by atoms with Crippen molar-refractivity contribution < 1.29 is 9.59 Å². The molecule has 0 unspecified atom stereocenters. The van der Waals surface area contributed by atoms with Gasteiger partial charge < -0.3 is 10.6 Å². The highest BCUT2D eigenvalue weighted by atomic mass is 35.5. The van der Waals surface area contributed by atoms with Gasteiger partial charge in [-0.3, -0.25) is 14.2 Å². The van der Waals surface area contributed by atoms with E-state index in [4.69, 9.17) is 23.2 Å². The van der Waals surface area contributed by atoms with Crippen LogP contribution in [0.4, 0.5) is 0 Å². The van der Waals surface area contributed by atoms with E-state index in [0.29, 0.717) is 22.2 Å². The first-order chi connectivity index (χ1) is 13.5. The second-order valence-electron chi connectivity index (χ2n) is 6.55. The molecule has 2 N–H and O–H groups in total. The number of amides is 2. The van der Waals surface area contributed by atoms with Crippen LogP contribution in [-0.2, 0) is 24.3 Å². The number of carbonyl (C=O) groups excluding carboxylic acids is 2. The minimum absolute atomic E-state index is 0.139. The van der Waals surface area contributed by atoms with Gasteiger partial charge in [0.1, 0.15) is 12.4 Å². The Morgan fingerprint density at radius 1 is 1.07 bits per heavy atom. The van der Waals surface area contributed by atoms with Crippen molar-refractivity contribution in [2.75, 3.05) is 13.1 Å². The summed E-state index contributed by atoms with van der Waals surface area (Å²) in [5, 5.41) is 10.3. The standard InChI is InChI=1S/C18H21Cl2N5O3/c19-13-6-5-12(10-14(13)20)17(27)22-8-7-21-16(26)11-25-18(28)24-9-3-1-2-4-15(24)23-25/h5-6,10H,1-4,7-9,11H2,(H,21,26)(H,22,27). The lowest BCUT2D eigenvalue weighted by molar-refractivity contribution is -0.121. The van der Waals surface area contributed by atoms with Crippen molar-refractivity contribution in [2.45, 2.75) is 38.8 Å². The van der Waals surface area contributed by atoms with Crippen LogP contribution < -0.4 is 16.3 Å². The largest absolute Gasteiger partial charge is 0.353 e. The number of nitrogens with zero attached hydrogens (tertiary/aromatic N) is 3. The molecule has 8 nitrogen and oxygen atoms in total. The van der Waals surface area contributed by atoms with E-state index in [1.165, 1.54) is 10.7 Å². The van der Waals surface area contributed by atoms with Gasteiger partial charge in [0, 0.05) is 31.6 Å². The second-order valence-corrected chi connectivity index (χ2v) is 7.37. The van der Waals surface area contributed by atoms with Gasteiger partial charge >= 0.3 is 5.69 Å². The number of carbonyl (C=O) groups is 2. The van der Waals surface area contributed by atoms with Crippen molar-refractivity contribution in [2.24, 2.45) is 0 Å². The Morgan fingerprint density at radius 3 is 2.64 bits per heavy atom. The third-order valence-corrected chi connectivity index (χ3v) is 5.23. The van der Waals surface area contributed by atoms with Gasteiger partial charge in [-0.25, -0.2) is 9.48 Å². The molecule has 1 aliphatic heterocycles. The lowest BCUT2D eigenvalue weighted by atomic mass is 10.2. The third kappa shape index (κ3) is 4.94. The summed E-state index contributed by atoms with van der Waals surface area (Å²) in [6.45, 7) is 0.976. The highest BCUT2D eigenvalue weighted by Crippen LogP contribution is 2.22.